The molecular weight excluding hydrogens is 304 g/mol. The van der Waals surface area contributed by atoms with Crippen LogP contribution in [0.4, 0.5) is 10.6 Å². The number of nitrogens with one attached hydrogen (secondary N) is 2. The molecule has 0 aromatic carbocycles. The molecule has 0 aliphatic carbocycles. The highest BCUT2D eigenvalue weighted by atomic mass is 16.3. The number of carbonyl (C=O) groups is 1. The van der Waals surface area contributed by atoms with E-state index in [1.807, 2.05) is 25.3 Å². The molecule has 1 atom stereocenters. The molecule has 1 aromatic heterocycles. The highest BCUT2D eigenvalue weighted by molar-refractivity contribution is 5.73. The van der Waals surface area contributed by atoms with Crippen molar-refractivity contribution in [3.05, 3.63) is 23.9 Å². The van der Waals surface area contributed by atoms with E-state index in [9.17, 15) is 9.90 Å². The van der Waals surface area contributed by atoms with Gasteiger partial charge in [-0.2, -0.15) is 0 Å². The fourth-order valence-corrected chi connectivity index (χ4v) is 2.81. The van der Waals surface area contributed by atoms with Crippen LogP contribution in [0, 0.1) is 0 Å². The number of nitrogens with zero attached hydrogens (tertiary/aromatic N) is 2. The number of aliphatic hydroxyl groups is 1. The number of aliphatic hydroxyl groups excluding tert-OH is 1. The Morgan fingerprint density at radius 1 is 1.25 bits per heavy atom. The second kappa shape index (κ2) is 10.1. The van der Waals surface area contributed by atoms with E-state index in [-0.39, 0.29) is 12.1 Å². The van der Waals surface area contributed by atoms with E-state index in [4.69, 9.17) is 0 Å². The van der Waals surface area contributed by atoms with Gasteiger partial charge in [0, 0.05) is 32.4 Å². The van der Waals surface area contributed by atoms with Crippen LogP contribution in [0.2, 0.25) is 0 Å². The monoisotopic (exact) mass is 334 g/mol. The van der Waals surface area contributed by atoms with Crippen LogP contribution in [-0.4, -0.2) is 41.9 Å². The van der Waals surface area contributed by atoms with E-state index in [0.717, 1.165) is 24.5 Å². The fraction of sp³-hybridized carbons (Fsp3) is 0.667. The fourth-order valence-electron chi connectivity index (χ4n) is 2.81. The maximum Gasteiger partial charge on any atom is 0.315 e. The highest BCUT2D eigenvalue weighted by Gasteiger charge is 2.11. The molecule has 0 bridgehead atoms. The van der Waals surface area contributed by atoms with Crippen molar-refractivity contribution in [3.63, 3.8) is 0 Å². The first-order chi connectivity index (χ1) is 11.7. The third kappa shape index (κ3) is 6.35. The van der Waals surface area contributed by atoms with Gasteiger partial charge in [0.1, 0.15) is 5.82 Å². The highest BCUT2D eigenvalue weighted by Crippen LogP contribution is 2.17. The van der Waals surface area contributed by atoms with Crippen molar-refractivity contribution in [2.75, 3.05) is 24.5 Å². The molecule has 2 amide bonds. The first kappa shape index (κ1) is 18.5. The van der Waals surface area contributed by atoms with E-state index in [0.29, 0.717) is 25.9 Å². The van der Waals surface area contributed by atoms with Crippen molar-refractivity contribution in [1.29, 1.82) is 0 Å². The van der Waals surface area contributed by atoms with Gasteiger partial charge in [0.15, 0.2) is 0 Å². The third-order valence-corrected chi connectivity index (χ3v) is 4.43. The van der Waals surface area contributed by atoms with Gasteiger partial charge in [-0.25, -0.2) is 9.78 Å². The Kier molecular flexibility index (Phi) is 7.82. The number of pyridine rings is 1. The smallest absolute Gasteiger partial charge is 0.315 e. The molecule has 134 valence electrons. The zero-order chi connectivity index (χ0) is 17.2. The van der Waals surface area contributed by atoms with Crippen LogP contribution in [0.5, 0.6) is 0 Å². The molecular formula is C18H30N4O2. The van der Waals surface area contributed by atoms with Crippen LogP contribution in [0.15, 0.2) is 18.3 Å². The lowest BCUT2D eigenvalue weighted by atomic mass is 10.2. The van der Waals surface area contributed by atoms with Crippen molar-refractivity contribution in [2.45, 2.75) is 58.1 Å². The summed E-state index contributed by atoms with van der Waals surface area (Å²) in [6.45, 7) is 5.02. The van der Waals surface area contributed by atoms with E-state index in [1.165, 1.54) is 25.7 Å². The summed E-state index contributed by atoms with van der Waals surface area (Å²) < 4.78 is 0. The van der Waals surface area contributed by atoms with E-state index < -0.39 is 0 Å². The van der Waals surface area contributed by atoms with Crippen LogP contribution in [0.25, 0.3) is 0 Å². The summed E-state index contributed by atoms with van der Waals surface area (Å²) in [4.78, 5) is 18.6. The van der Waals surface area contributed by atoms with Gasteiger partial charge >= 0.3 is 6.03 Å². The van der Waals surface area contributed by atoms with Crippen molar-refractivity contribution in [3.8, 4) is 0 Å². The standard InChI is InChI=1S/C18H30N4O2/c1-2-16(23)9-10-19-18(24)21-14-15-7-8-17(20-13-15)22-11-5-3-4-6-12-22/h7-8,13,16,23H,2-6,9-12,14H2,1H3,(H2,19,21,24). The molecule has 1 aliphatic heterocycles. The van der Waals surface area contributed by atoms with Gasteiger partial charge < -0.3 is 20.6 Å². The topological polar surface area (TPSA) is 77.5 Å². The van der Waals surface area contributed by atoms with E-state index >= 15 is 0 Å². The van der Waals surface area contributed by atoms with Crippen molar-refractivity contribution in [1.82, 2.24) is 15.6 Å². The molecule has 2 heterocycles. The molecule has 1 aromatic rings. The largest absolute Gasteiger partial charge is 0.393 e. The van der Waals surface area contributed by atoms with Gasteiger partial charge in [-0.15, -0.1) is 0 Å². The molecule has 2 rings (SSSR count). The first-order valence-corrected chi connectivity index (χ1v) is 9.08. The van der Waals surface area contributed by atoms with Crippen molar-refractivity contribution < 1.29 is 9.90 Å². The maximum atomic E-state index is 11.7. The lowest BCUT2D eigenvalue weighted by molar-refractivity contribution is 0.160. The Morgan fingerprint density at radius 3 is 2.62 bits per heavy atom. The van der Waals surface area contributed by atoms with E-state index in [2.05, 4.69) is 20.5 Å². The number of carbonyl (C=O) groups excluding carboxylic acids is 1. The summed E-state index contributed by atoms with van der Waals surface area (Å²) in [5, 5.41) is 15.0. The summed E-state index contributed by atoms with van der Waals surface area (Å²) >= 11 is 0. The number of hydrogen-bond acceptors (Lipinski definition) is 4. The third-order valence-electron chi connectivity index (χ3n) is 4.43. The Bertz CT molecular complexity index is 484. The van der Waals surface area contributed by atoms with Crippen molar-refractivity contribution >= 4 is 11.8 Å². The lowest BCUT2D eigenvalue weighted by Crippen LogP contribution is -2.36. The number of urea groups is 1. The average Bonchev–Trinajstić information content (AvgIpc) is 2.89. The summed E-state index contributed by atoms with van der Waals surface area (Å²) in [6, 6.07) is 3.85. The minimum absolute atomic E-state index is 0.213. The van der Waals surface area contributed by atoms with Gasteiger partial charge in [-0.05, 0) is 37.3 Å². The Labute approximate surface area is 144 Å². The average molecular weight is 334 g/mol. The molecule has 1 unspecified atom stereocenters. The van der Waals surface area contributed by atoms with Crippen LogP contribution in [0.3, 0.4) is 0 Å². The minimum Gasteiger partial charge on any atom is -0.393 e. The lowest BCUT2D eigenvalue weighted by Gasteiger charge is -2.21. The summed E-state index contributed by atoms with van der Waals surface area (Å²) in [5.74, 6) is 1.03. The summed E-state index contributed by atoms with van der Waals surface area (Å²) in [7, 11) is 0. The number of aromatic nitrogens is 1. The molecule has 1 fully saturated rings. The van der Waals surface area contributed by atoms with Gasteiger partial charge in [0.2, 0.25) is 0 Å². The minimum atomic E-state index is -0.346. The van der Waals surface area contributed by atoms with E-state index in [1.54, 1.807) is 0 Å². The molecule has 6 heteroatoms. The SMILES string of the molecule is CCC(O)CCNC(=O)NCc1ccc(N2CCCCCC2)nc1. The maximum absolute atomic E-state index is 11.7. The number of hydrogen-bond donors (Lipinski definition) is 3. The van der Waals surface area contributed by atoms with Gasteiger partial charge in [-0.3, -0.25) is 0 Å². The number of anilines is 1. The first-order valence-electron chi connectivity index (χ1n) is 9.08. The molecule has 1 aliphatic rings. The predicted molar refractivity (Wildman–Crippen MR) is 96.1 cm³/mol. The summed E-state index contributed by atoms with van der Waals surface area (Å²) in [6.07, 6.45) is 7.86. The molecule has 0 saturated carbocycles. The molecule has 0 radical (unpaired) electrons. The summed E-state index contributed by atoms with van der Waals surface area (Å²) in [5.41, 5.74) is 0.984. The zero-order valence-corrected chi connectivity index (χ0v) is 14.6. The second-order valence-electron chi connectivity index (χ2n) is 6.39. The predicted octanol–water partition coefficient (Wildman–Crippen LogP) is 2.42. The number of amides is 2. The quantitative estimate of drug-likeness (QED) is 0.716. The van der Waals surface area contributed by atoms with Crippen LogP contribution in [-0.2, 0) is 6.54 Å². The van der Waals surface area contributed by atoms with Gasteiger partial charge in [-0.1, -0.05) is 25.8 Å². The number of rotatable bonds is 7. The Balaban J connectivity index is 1.72. The molecule has 1 saturated heterocycles. The molecule has 6 nitrogen and oxygen atoms in total. The van der Waals surface area contributed by atoms with Crippen LogP contribution >= 0.6 is 0 Å². The Hall–Kier alpha value is -1.82. The van der Waals surface area contributed by atoms with Crippen LogP contribution in [0.1, 0.15) is 51.0 Å². The van der Waals surface area contributed by atoms with Crippen molar-refractivity contribution in [2.24, 2.45) is 0 Å². The second-order valence-corrected chi connectivity index (χ2v) is 6.39. The van der Waals surface area contributed by atoms with Gasteiger partial charge in [0.25, 0.3) is 0 Å². The Morgan fingerprint density at radius 2 is 2.00 bits per heavy atom. The van der Waals surface area contributed by atoms with Crippen LogP contribution < -0.4 is 15.5 Å². The normalized spacial score (nSPS) is 16.3. The molecule has 0 spiro atoms. The molecule has 3 N–H and O–H groups in total. The zero-order valence-electron chi connectivity index (χ0n) is 14.6. The van der Waals surface area contributed by atoms with Gasteiger partial charge in [0.05, 0.1) is 6.10 Å². The molecule has 24 heavy (non-hydrogen) atoms.